The third kappa shape index (κ3) is 4.22. The normalized spacial score (nSPS) is 17.6. The molecule has 2 heterocycles. The highest BCUT2D eigenvalue weighted by Crippen LogP contribution is 2.28. The molecule has 0 spiro atoms. The van der Waals surface area contributed by atoms with Crippen LogP contribution in [0.15, 0.2) is 65.7 Å². The zero-order chi connectivity index (χ0) is 20.4. The first-order valence-corrected chi connectivity index (χ1v) is 11.7. The van der Waals surface area contributed by atoms with Crippen LogP contribution in [0.4, 0.5) is 0 Å². The lowest BCUT2D eigenvalue weighted by molar-refractivity contribution is -0.133. The van der Waals surface area contributed by atoms with Gasteiger partial charge >= 0.3 is 0 Å². The summed E-state index contributed by atoms with van der Waals surface area (Å²) in [5, 5.41) is 0.670. The molecule has 6 heteroatoms. The molecule has 1 saturated heterocycles. The summed E-state index contributed by atoms with van der Waals surface area (Å²) in [6.45, 7) is 3.88. The molecule has 0 bridgehead atoms. The summed E-state index contributed by atoms with van der Waals surface area (Å²) in [6.07, 6.45) is 3.81. The number of hydrogen-bond donors (Lipinski definition) is 0. The average Bonchev–Trinajstić information content (AvgIpc) is 3.08. The van der Waals surface area contributed by atoms with Gasteiger partial charge in [-0.3, -0.25) is 4.79 Å². The van der Waals surface area contributed by atoms with E-state index in [-0.39, 0.29) is 23.1 Å². The van der Waals surface area contributed by atoms with Gasteiger partial charge in [0.25, 0.3) is 0 Å². The van der Waals surface area contributed by atoms with E-state index >= 15 is 0 Å². The van der Waals surface area contributed by atoms with Crippen molar-refractivity contribution >= 4 is 26.6 Å². The molecule has 1 atom stereocenters. The Hall–Kier alpha value is -2.60. The van der Waals surface area contributed by atoms with Crippen molar-refractivity contribution in [2.75, 3.05) is 13.1 Å². The third-order valence-corrected chi connectivity index (χ3v) is 7.31. The molecule has 152 valence electrons. The number of fused-ring (bicyclic) bond motifs is 1. The van der Waals surface area contributed by atoms with Crippen LogP contribution in [0.25, 0.3) is 10.9 Å². The average molecular weight is 411 g/mol. The molecule has 1 aliphatic heterocycles. The van der Waals surface area contributed by atoms with Gasteiger partial charge in [0.15, 0.2) is 9.84 Å². The molecule has 5 nitrogen and oxygen atoms in total. The molecule has 1 unspecified atom stereocenters. The largest absolute Gasteiger partial charge is 0.341 e. The van der Waals surface area contributed by atoms with Gasteiger partial charge in [0, 0.05) is 30.2 Å². The number of rotatable bonds is 5. The molecular formula is C23H26N2O3S. The van der Waals surface area contributed by atoms with E-state index in [0.717, 1.165) is 37.0 Å². The van der Waals surface area contributed by atoms with Crippen molar-refractivity contribution in [1.29, 1.82) is 0 Å². The Balaban J connectivity index is 1.65. The number of hydrogen-bond acceptors (Lipinski definition) is 3. The van der Waals surface area contributed by atoms with Crippen LogP contribution in [0.3, 0.4) is 0 Å². The molecule has 29 heavy (non-hydrogen) atoms. The van der Waals surface area contributed by atoms with E-state index in [9.17, 15) is 13.2 Å². The highest BCUT2D eigenvalue weighted by molar-refractivity contribution is 7.90. The van der Waals surface area contributed by atoms with Crippen LogP contribution in [0.5, 0.6) is 0 Å². The molecule has 0 radical (unpaired) electrons. The quantitative estimate of drug-likeness (QED) is 0.641. The van der Waals surface area contributed by atoms with E-state index in [2.05, 4.69) is 6.92 Å². The maximum Gasteiger partial charge on any atom is 0.242 e. The van der Waals surface area contributed by atoms with Gasteiger partial charge in [-0.05, 0) is 30.4 Å². The number of nitrogens with zero attached hydrogens (tertiary/aromatic N) is 2. The fourth-order valence-corrected chi connectivity index (χ4v) is 5.71. The molecule has 0 aliphatic carbocycles. The van der Waals surface area contributed by atoms with Crippen molar-refractivity contribution in [2.24, 2.45) is 5.92 Å². The van der Waals surface area contributed by atoms with Gasteiger partial charge in [0.05, 0.1) is 10.6 Å². The molecular weight excluding hydrogens is 384 g/mol. The Bertz CT molecular complexity index is 1120. The summed E-state index contributed by atoms with van der Waals surface area (Å²) < 4.78 is 28.1. The predicted molar refractivity (Wildman–Crippen MR) is 114 cm³/mol. The monoisotopic (exact) mass is 410 g/mol. The summed E-state index contributed by atoms with van der Waals surface area (Å²) in [6, 6.07) is 16.6. The molecule has 3 aromatic rings. The fraction of sp³-hybridized carbons (Fsp3) is 0.348. The maximum atomic E-state index is 13.2. The number of aromatic nitrogens is 1. The predicted octanol–water partition coefficient (Wildman–Crippen LogP) is 3.87. The number of para-hydroxylation sites is 1. The Morgan fingerprint density at radius 3 is 2.55 bits per heavy atom. The first kappa shape index (κ1) is 19.7. The van der Waals surface area contributed by atoms with Crippen LogP contribution < -0.4 is 0 Å². The van der Waals surface area contributed by atoms with Crippen molar-refractivity contribution in [3.8, 4) is 0 Å². The van der Waals surface area contributed by atoms with Crippen molar-refractivity contribution in [2.45, 2.75) is 37.0 Å². The molecule has 0 N–H and O–H groups in total. The minimum absolute atomic E-state index is 0.0457. The third-order valence-electron chi connectivity index (χ3n) is 5.60. The van der Waals surface area contributed by atoms with E-state index in [1.54, 1.807) is 10.8 Å². The zero-order valence-electron chi connectivity index (χ0n) is 16.6. The van der Waals surface area contributed by atoms with Gasteiger partial charge in [-0.25, -0.2) is 8.42 Å². The Morgan fingerprint density at radius 1 is 1.07 bits per heavy atom. The van der Waals surface area contributed by atoms with Crippen molar-refractivity contribution < 1.29 is 13.2 Å². The highest BCUT2D eigenvalue weighted by Gasteiger charge is 2.25. The van der Waals surface area contributed by atoms with Gasteiger partial charge in [-0.1, -0.05) is 55.5 Å². The van der Waals surface area contributed by atoms with Crippen LogP contribution in [-0.4, -0.2) is 36.9 Å². The molecule has 4 rings (SSSR count). The van der Waals surface area contributed by atoms with E-state index in [1.807, 2.05) is 59.5 Å². The second-order valence-corrected chi connectivity index (χ2v) is 9.93. The molecule has 1 amide bonds. The van der Waals surface area contributed by atoms with E-state index < -0.39 is 9.84 Å². The number of amides is 1. The van der Waals surface area contributed by atoms with Gasteiger partial charge < -0.3 is 9.47 Å². The van der Waals surface area contributed by atoms with Crippen LogP contribution >= 0.6 is 0 Å². The minimum atomic E-state index is -3.53. The van der Waals surface area contributed by atoms with Gasteiger partial charge in [-0.15, -0.1) is 0 Å². The standard InChI is InChI=1S/C23H26N2O3S/c1-18-8-7-13-24(14-18)23(26)16-25-15-22(20-11-5-6-12-21(20)25)29(27,28)17-19-9-3-2-4-10-19/h2-6,9-12,15,18H,7-8,13-14,16-17H2,1H3. The van der Waals surface area contributed by atoms with E-state index in [0.29, 0.717) is 11.3 Å². The number of piperidine rings is 1. The summed E-state index contributed by atoms with van der Waals surface area (Å²) in [4.78, 5) is 15.1. The second kappa shape index (κ2) is 8.03. The van der Waals surface area contributed by atoms with Crippen LogP contribution in [0.2, 0.25) is 0 Å². The van der Waals surface area contributed by atoms with Gasteiger partial charge in [0.2, 0.25) is 5.91 Å². The van der Waals surface area contributed by atoms with E-state index in [4.69, 9.17) is 0 Å². The smallest absolute Gasteiger partial charge is 0.242 e. The molecule has 1 aliphatic rings. The summed E-state index contributed by atoms with van der Waals surface area (Å²) in [5.74, 6) is 0.500. The lowest BCUT2D eigenvalue weighted by atomic mass is 10.0. The van der Waals surface area contributed by atoms with Crippen LogP contribution in [0, 0.1) is 5.92 Å². The SMILES string of the molecule is CC1CCCN(C(=O)Cn2cc(S(=O)(=O)Cc3ccccc3)c3ccccc32)C1. The van der Waals surface area contributed by atoms with Crippen molar-refractivity contribution in [3.63, 3.8) is 0 Å². The molecule has 0 saturated carbocycles. The molecule has 1 fully saturated rings. The number of benzene rings is 2. The Kier molecular flexibility index (Phi) is 5.46. The van der Waals surface area contributed by atoms with Crippen molar-refractivity contribution in [3.05, 3.63) is 66.4 Å². The lowest BCUT2D eigenvalue weighted by Crippen LogP contribution is -2.40. The summed E-state index contributed by atoms with van der Waals surface area (Å²) >= 11 is 0. The summed E-state index contributed by atoms with van der Waals surface area (Å²) in [7, 11) is -3.53. The van der Waals surface area contributed by atoms with E-state index in [1.165, 1.54) is 0 Å². The molecule has 1 aromatic heterocycles. The first-order chi connectivity index (χ1) is 13.9. The lowest BCUT2D eigenvalue weighted by Gasteiger charge is -2.31. The van der Waals surface area contributed by atoms with Gasteiger partial charge in [0.1, 0.15) is 6.54 Å². The second-order valence-electron chi connectivity index (χ2n) is 7.97. The fourth-order valence-electron chi connectivity index (χ4n) is 4.12. The Morgan fingerprint density at radius 2 is 1.79 bits per heavy atom. The van der Waals surface area contributed by atoms with Crippen LogP contribution in [-0.2, 0) is 26.9 Å². The van der Waals surface area contributed by atoms with Crippen molar-refractivity contribution in [1.82, 2.24) is 9.47 Å². The molecule has 2 aromatic carbocycles. The number of likely N-dealkylation sites (tertiary alicyclic amines) is 1. The van der Waals surface area contributed by atoms with Crippen LogP contribution in [0.1, 0.15) is 25.3 Å². The number of carbonyl (C=O) groups is 1. The number of sulfone groups is 1. The highest BCUT2D eigenvalue weighted by atomic mass is 32.2. The summed E-state index contributed by atoms with van der Waals surface area (Å²) in [5.41, 5.74) is 1.53. The first-order valence-electron chi connectivity index (χ1n) is 10.1. The maximum absolute atomic E-state index is 13.2. The topological polar surface area (TPSA) is 59.4 Å². The Labute approximate surface area is 171 Å². The minimum Gasteiger partial charge on any atom is -0.341 e. The number of carbonyl (C=O) groups excluding carboxylic acids is 1. The van der Waals surface area contributed by atoms with Gasteiger partial charge in [-0.2, -0.15) is 0 Å². The zero-order valence-corrected chi connectivity index (χ0v) is 17.4.